The van der Waals surface area contributed by atoms with Crippen LogP contribution in [0.4, 0.5) is 16.2 Å². The Labute approximate surface area is 269 Å². The van der Waals surface area contributed by atoms with Gasteiger partial charge in [0.2, 0.25) is 0 Å². The van der Waals surface area contributed by atoms with Gasteiger partial charge in [-0.05, 0) is 70.8 Å². The monoisotopic (exact) mass is 619 g/mol. The average Bonchev–Trinajstić information content (AvgIpc) is 3.05. The fraction of sp³-hybridized carbons (Fsp3) is 0.297. The van der Waals surface area contributed by atoms with Crippen LogP contribution in [-0.2, 0) is 13.0 Å². The van der Waals surface area contributed by atoms with E-state index in [0.29, 0.717) is 47.4 Å². The van der Waals surface area contributed by atoms with Gasteiger partial charge in [-0.3, -0.25) is 14.3 Å². The number of benzene rings is 2. The van der Waals surface area contributed by atoms with Gasteiger partial charge < -0.3 is 20.5 Å². The summed E-state index contributed by atoms with van der Waals surface area (Å²) in [5, 5.41) is 16.3. The van der Waals surface area contributed by atoms with Gasteiger partial charge in [0, 0.05) is 54.8 Å². The summed E-state index contributed by atoms with van der Waals surface area (Å²) in [5.41, 5.74) is 5.27. The first kappa shape index (κ1) is 32.4. The highest BCUT2D eigenvalue weighted by atomic mass is 16.5. The summed E-state index contributed by atoms with van der Waals surface area (Å²) in [6.45, 7) is 8.94. The van der Waals surface area contributed by atoms with Gasteiger partial charge in [-0.15, -0.1) is 0 Å². The smallest absolute Gasteiger partial charge is 0.323 e. The second-order valence-corrected chi connectivity index (χ2v) is 11.8. The third kappa shape index (κ3) is 7.26. The number of aryl methyl sites for hydroxylation is 1. The van der Waals surface area contributed by atoms with Crippen molar-refractivity contribution in [2.24, 2.45) is 0 Å². The number of hydrogen-bond donors (Lipinski definition) is 3. The number of rotatable bonds is 12. The summed E-state index contributed by atoms with van der Waals surface area (Å²) in [6, 6.07) is 20.6. The molecule has 0 unspecified atom stereocenters. The number of pyridine rings is 3. The lowest BCUT2D eigenvalue weighted by atomic mass is 9.93. The number of para-hydroxylation sites is 1. The Morgan fingerprint density at radius 1 is 0.913 bits per heavy atom. The van der Waals surface area contributed by atoms with Crippen LogP contribution >= 0.6 is 0 Å². The molecule has 3 heterocycles. The third-order valence-corrected chi connectivity index (χ3v) is 7.92. The van der Waals surface area contributed by atoms with Crippen molar-refractivity contribution in [2.45, 2.75) is 58.9 Å². The van der Waals surface area contributed by atoms with Gasteiger partial charge in [-0.1, -0.05) is 64.1 Å². The molecule has 3 aromatic heterocycles. The molecule has 5 aromatic rings. The largest absolute Gasteiger partial charge is 0.493 e. The number of aromatic nitrogens is 3. The maximum Gasteiger partial charge on any atom is 0.323 e. The molecule has 0 radical (unpaired) electrons. The number of anilines is 2. The van der Waals surface area contributed by atoms with E-state index in [2.05, 4.69) is 48.3 Å². The number of nitrogens with one attached hydrogen (secondary N) is 2. The van der Waals surface area contributed by atoms with E-state index in [1.54, 1.807) is 18.5 Å². The van der Waals surface area contributed by atoms with Crippen LogP contribution in [0.5, 0.6) is 5.75 Å². The summed E-state index contributed by atoms with van der Waals surface area (Å²) < 4.78 is 7.62. The second-order valence-electron chi connectivity index (χ2n) is 11.8. The minimum Gasteiger partial charge on any atom is -0.493 e. The van der Waals surface area contributed by atoms with Gasteiger partial charge in [0.05, 0.1) is 6.61 Å². The lowest BCUT2D eigenvalue weighted by Gasteiger charge is -2.22. The Kier molecular flexibility index (Phi) is 10.4. The number of aliphatic hydroxyl groups excluding tert-OH is 1. The van der Waals surface area contributed by atoms with Crippen LogP contribution in [0.25, 0.3) is 22.2 Å². The number of nitrogens with zero attached hydrogens (tertiary/aromatic N) is 3. The Morgan fingerprint density at radius 2 is 1.63 bits per heavy atom. The first-order valence-corrected chi connectivity index (χ1v) is 15.7. The highest BCUT2D eigenvalue weighted by Gasteiger charge is 2.23. The van der Waals surface area contributed by atoms with E-state index in [1.165, 1.54) is 4.57 Å². The summed E-state index contributed by atoms with van der Waals surface area (Å²) in [5.74, 6) is 0.978. The summed E-state index contributed by atoms with van der Waals surface area (Å²) in [7, 11) is 0. The summed E-state index contributed by atoms with van der Waals surface area (Å²) >= 11 is 0. The zero-order valence-corrected chi connectivity index (χ0v) is 26.8. The Hall–Kier alpha value is -5.02. The lowest BCUT2D eigenvalue weighted by molar-refractivity contribution is 0.262. The maximum atomic E-state index is 14.2. The zero-order valence-electron chi connectivity index (χ0n) is 26.8. The summed E-state index contributed by atoms with van der Waals surface area (Å²) in [4.78, 5) is 36.7. The minimum atomic E-state index is -0.519. The average molecular weight is 620 g/mol. The van der Waals surface area contributed by atoms with Crippen molar-refractivity contribution in [3.8, 4) is 16.9 Å². The van der Waals surface area contributed by atoms with Gasteiger partial charge in [-0.2, -0.15) is 0 Å². The fourth-order valence-electron chi connectivity index (χ4n) is 5.66. The Morgan fingerprint density at radius 3 is 2.33 bits per heavy atom. The number of amides is 2. The van der Waals surface area contributed by atoms with Crippen molar-refractivity contribution < 1.29 is 14.6 Å². The normalized spacial score (nSPS) is 11.3. The SMILES string of the molecule is CC(C)c1cccc(C(C)C)c1NC(=O)Nc1c(-c2cccc(OCCc3cccnc3)c2)c2cccnc2n(CCCO)c1=O. The molecule has 5 rings (SSSR count). The first-order valence-electron chi connectivity index (χ1n) is 15.7. The van der Waals surface area contributed by atoms with E-state index in [-0.39, 0.29) is 30.7 Å². The lowest BCUT2D eigenvalue weighted by Crippen LogP contribution is -2.30. The molecular weight excluding hydrogens is 578 g/mol. The molecule has 3 N–H and O–H groups in total. The van der Waals surface area contributed by atoms with Gasteiger partial charge in [0.1, 0.15) is 17.1 Å². The standard InChI is InChI=1S/C37H41N5O4/c1-24(2)29-13-6-14-30(25(3)4)33(29)40-37(45)41-34-32(31-15-8-18-39-35(31)42(36(34)44)19-9-20-43)27-11-5-12-28(22-27)46-21-16-26-10-7-17-38-23-26/h5-8,10-15,17-18,22-25,43H,9,16,19-21H2,1-4H3,(H2,40,41,45). The number of carbonyl (C=O) groups is 1. The highest BCUT2D eigenvalue weighted by molar-refractivity contribution is 6.07. The molecule has 0 atom stereocenters. The topological polar surface area (TPSA) is 118 Å². The third-order valence-electron chi connectivity index (χ3n) is 7.92. The molecule has 0 saturated heterocycles. The first-order chi connectivity index (χ1) is 22.3. The van der Waals surface area contributed by atoms with Crippen LogP contribution in [0.2, 0.25) is 0 Å². The van der Waals surface area contributed by atoms with Crippen molar-refractivity contribution in [1.82, 2.24) is 14.5 Å². The molecular formula is C37H41N5O4. The number of fused-ring (bicyclic) bond motifs is 1. The molecule has 9 nitrogen and oxygen atoms in total. The number of carbonyl (C=O) groups excluding carboxylic acids is 1. The predicted octanol–water partition coefficient (Wildman–Crippen LogP) is 7.35. The van der Waals surface area contributed by atoms with Crippen LogP contribution in [0.15, 0.2) is 90.1 Å². The molecule has 0 aliphatic heterocycles. The number of urea groups is 1. The predicted molar refractivity (Wildman–Crippen MR) is 184 cm³/mol. The molecule has 0 bridgehead atoms. The zero-order chi connectivity index (χ0) is 32.6. The molecule has 46 heavy (non-hydrogen) atoms. The van der Waals surface area contributed by atoms with Crippen LogP contribution in [0, 0.1) is 0 Å². The van der Waals surface area contributed by atoms with E-state index >= 15 is 0 Å². The van der Waals surface area contributed by atoms with E-state index in [0.717, 1.165) is 22.4 Å². The molecule has 0 aliphatic rings. The van der Waals surface area contributed by atoms with Gasteiger partial charge in [0.15, 0.2) is 0 Å². The molecule has 9 heteroatoms. The van der Waals surface area contributed by atoms with Gasteiger partial charge >= 0.3 is 6.03 Å². The molecule has 0 fully saturated rings. The highest BCUT2D eigenvalue weighted by Crippen LogP contribution is 2.36. The van der Waals surface area contributed by atoms with E-state index < -0.39 is 11.6 Å². The molecule has 238 valence electrons. The van der Waals surface area contributed by atoms with Crippen molar-refractivity contribution in [1.29, 1.82) is 0 Å². The summed E-state index contributed by atoms with van der Waals surface area (Å²) in [6.07, 6.45) is 6.24. The van der Waals surface area contributed by atoms with Crippen molar-refractivity contribution >= 4 is 28.4 Å². The van der Waals surface area contributed by atoms with Gasteiger partial charge in [0.25, 0.3) is 5.56 Å². The van der Waals surface area contributed by atoms with Crippen LogP contribution < -0.4 is 20.9 Å². The maximum absolute atomic E-state index is 14.2. The molecule has 2 amide bonds. The second kappa shape index (κ2) is 14.8. The van der Waals surface area contributed by atoms with Crippen molar-refractivity contribution in [3.63, 3.8) is 0 Å². The van der Waals surface area contributed by atoms with Crippen LogP contribution in [-0.4, -0.2) is 38.9 Å². The molecule has 0 spiro atoms. The molecule has 2 aromatic carbocycles. The van der Waals surface area contributed by atoms with Gasteiger partial charge in [-0.25, -0.2) is 9.78 Å². The van der Waals surface area contributed by atoms with Crippen LogP contribution in [0.3, 0.4) is 0 Å². The van der Waals surface area contributed by atoms with E-state index in [4.69, 9.17) is 4.74 Å². The Balaban J connectivity index is 1.57. The molecule has 0 saturated carbocycles. The minimum absolute atomic E-state index is 0.0891. The molecule has 0 aliphatic carbocycles. The fourth-order valence-corrected chi connectivity index (χ4v) is 5.66. The van der Waals surface area contributed by atoms with Crippen LogP contribution in [0.1, 0.15) is 62.6 Å². The van der Waals surface area contributed by atoms with Crippen molar-refractivity contribution in [3.05, 3.63) is 112 Å². The van der Waals surface area contributed by atoms with E-state index in [9.17, 15) is 14.7 Å². The number of hydrogen-bond acceptors (Lipinski definition) is 6. The quantitative estimate of drug-likeness (QED) is 0.134. The number of ether oxygens (including phenoxy) is 1. The Bertz CT molecular complexity index is 1840. The van der Waals surface area contributed by atoms with E-state index in [1.807, 2.05) is 66.9 Å². The number of aliphatic hydroxyl groups is 1. The van der Waals surface area contributed by atoms with Crippen molar-refractivity contribution in [2.75, 3.05) is 23.8 Å².